The SMILES string of the molecule is CCCCC1CCC(C(NCCC)c2ccc(Cl)s2)CC1. The maximum atomic E-state index is 6.15. The first-order valence-corrected chi connectivity index (χ1v) is 9.92. The monoisotopic (exact) mass is 327 g/mol. The summed E-state index contributed by atoms with van der Waals surface area (Å²) in [5, 5.41) is 3.78. The largest absolute Gasteiger partial charge is 0.309 e. The molecule has 1 atom stereocenters. The Balaban J connectivity index is 1.92. The van der Waals surface area contributed by atoms with E-state index < -0.39 is 0 Å². The molecule has 0 bridgehead atoms. The molecule has 1 saturated carbocycles. The third kappa shape index (κ3) is 5.26. The summed E-state index contributed by atoms with van der Waals surface area (Å²) in [7, 11) is 0. The van der Waals surface area contributed by atoms with Gasteiger partial charge >= 0.3 is 0 Å². The van der Waals surface area contributed by atoms with E-state index in [9.17, 15) is 0 Å². The van der Waals surface area contributed by atoms with E-state index in [4.69, 9.17) is 11.6 Å². The summed E-state index contributed by atoms with van der Waals surface area (Å²) in [5.41, 5.74) is 0. The van der Waals surface area contributed by atoms with Crippen LogP contribution in [0.3, 0.4) is 0 Å². The van der Waals surface area contributed by atoms with Crippen molar-refractivity contribution in [2.45, 2.75) is 71.3 Å². The zero-order chi connectivity index (χ0) is 15.1. The third-order valence-electron chi connectivity index (χ3n) is 4.84. The molecule has 1 fully saturated rings. The zero-order valence-corrected chi connectivity index (χ0v) is 15.1. The second-order valence-electron chi connectivity index (χ2n) is 6.50. The molecule has 1 aromatic heterocycles. The summed E-state index contributed by atoms with van der Waals surface area (Å²) >= 11 is 7.91. The number of halogens is 1. The number of hydrogen-bond acceptors (Lipinski definition) is 2. The average Bonchev–Trinajstić information content (AvgIpc) is 2.93. The highest BCUT2D eigenvalue weighted by atomic mass is 35.5. The summed E-state index contributed by atoms with van der Waals surface area (Å²) < 4.78 is 0.921. The molecule has 0 spiro atoms. The lowest BCUT2D eigenvalue weighted by Gasteiger charge is -2.34. The van der Waals surface area contributed by atoms with Crippen molar-refractivity contribution in [2.24, 2.45) is 11.8 Å². The van der Waals surface area contributed by atoms with Crippen LogP contribution in [0.1, 0.15) is 76.1 Å². The Bertz CT molecular complexity index is 396. The van der Waals surface area contributed by atoms with E-state index in [0.29, 0.717) is 6.04 Å². The van der Waals surface area contributed by atoms with Crippen LogP contribution >= 0.6 is 22.9 Å². The number of unbranched alkanes of at least 4 members (excludes halogenated alkanes) is 1. The average molecular weight is 328 g/mol. The smallest absolute Gasteiger partial charge is 0.0931 e. The standard InChI is InChI=1S/C18H30ClNS/c1-3-5-6-14-7-9-15(10-8-14)18(20-13-4-2)16-11-12-17(19)21-16/h11-12,14-15,18,20H,3-10,13H2,1-2H3. The fraction of sp³-hybridized carbons (Fsp3) is 0.778. The first-order chi connectivity index (χ1) is 10.2. The summed E-state index contributed by atoms with van der Waals surface area (Å²) in [4.78, 5) is 1.44. The lowest BCUT2D eigenvalue weighted by Crippen LogP contribution is -2.31. The quantitative estimate of drug-likeness (QED) is 0.579. The number of thiophene rings is 1. The van der Waals surface area contributed by atoms with Crippen LogP contribution in [0.4, 0.5) is 0 Å². The van der Waals surface area contributed by atoms with E-state index in [1.807, 2.05) is 0 Å². The molecule has 1 heterocycles. The van der Waals surface area contributed by atoms with Crippen LogP contribution in [0, 0.1) is 11.8 Å². The Morgan fingerprint density at radius 3 is 2.52 bits per heavy atom. The molecule has 1 aliphatic carbocycles. The van der Waals surface area contributed by atoms with Gasteiger partial charge in [0.15, 0.2) is 0 Å². The second-order valence-corrected chi connectivity index (χ2v) is 8.24. The van der Waals surface area contributed by atoms with Crippen LogP contribution < -0.4 is 5.32 Å². The van der Waals surface area contributed by atoms with E-state index in [1.54, 1.807) is 11.3 Å². The molecular formula is C18H30ClNS. The van der Waals surface area contributed by atoms with Gasteiger partial charge in [-0.3, -0.25) is 0 Å². The van der Waals surface area contributed by atoms with Crippen molar-refractivity contribution in [3.63, 3.8) is 0 Å². The van der Waals surface area contributed by atoms with Gasteiger partial charge in [0.1, 0.15) is 0 Å². The second kappa shape index (κ2) is 9.17. The number of rotatable bonds is 8. The Morgan fingerprint density at radius 2 is 1.95 bits per heavy atom. The highest BCUT2D eigenvalue weighted by molar-refractivity contribution is 7.16. The minimum Gasteiger partial charge on any atom is -0.309 e. The summed E-state index contributed by atoms with van der Waals surface area (Å²) in [6, 6.07) is 4.80. The molecule has 3 heteroatoms. The minimum absolute atomic E-state index is 0.523. The first kappa shape index (κ1) is 17.3. The maximum Gasteiger partial charge on any atom is 0.0931 e. The highest BCUT2D eigenvalue weighted by Crippen LogP contribution is 2.40. The zero-order valence-electron chi connectivity index (χ0n) is 13.5. The van der Waals surface area contributed by atoms with Crippen molar-refractivity contribution in [1.29, 1.82) is 0 Å². The topological polar surface area (TPSA) is 12.0 Å². The molecule has 0 radical (unpaired) electrons. The van der Waals surface area contributed by atoms with Gasteiger partial charge in [-0.05, 0) is 49.8 Å². The predicted molar refractivity (Wildman–Crippen MR) is 95.3 cm³/mol. The van der Waals surface area contributed by atoms with Crippen molar-refractivity contribution in [3.05, 3.63) is 21.3 Å². The summed E-state index contributed by atoms with van der Waals surface area (Å²) in [6.45, 7) is 5.65. The van der Waals surface area contributed by atoms with Crippen LogP contribution in [0.15, 0.2) is 12.1 Å². The number of nitrogens with one attached hydrogen (secondary N) is 1. The molecule has 120 valence electrons. The van der Waals surface area contributed by atoms with Crippen LogP contribution in [0.2, 0.25) is 4.34 Å². The lowest BCUT2D eigenvalue weighted by atomic mass is 9.76. The van der Waals surface area contributed by atoms with Gasteiger partial charge in [-0.15, -0.1) is 11.3 Å². The Kier molecular flexibility index (Phi) is 7.56. The molecule has 0 saturated heterocycles. The fourth-order valence-electron chi connectivity index (χ4n) is 3.60. The molecule has 1 N–H and O–H groups in total. The Hall–Kier alpha value is -0.0500. The molecule has 0 aromatic carbocycles. The van der Waals surface area contributed by atoms with Crippen molar-refractivity contribution in [3.8, 4) is 0 Å². The molecule has 1 nitrogen and oxygen atoms in total. The molecule has 0 amide bonds. The third-order valence-corrected chi connectivity index (χ3v) is 6.16. The minimum atomic E-state index is 0.523. The van der Waals surface area contributed by atoms with Gasteiger partial charge < -0.3 is 5.32 Å². The molecule has 2 rings (SSSR count). The molecule has 1 aromatic rings. The fourth-order valence-corrected chi connectivity index (χ4v) is 4.83. The van der Waals surface area contributed by atoms with Gasteiger partial charge in [-0.2, -0.15) is 0 Å². The number of hydrogen-bond donors (Lipinski definition) is 1. The maximum absolute atomic E-state index is 6.15. The predicted octanol–water partition coefficient (Wildman–Crippen LogP) is 6.44. The van der Waals surface area contributed by atoms with E-state index in [1.165, 1.54) is 56.2 Å². The van der Waals surface area contributed by atoms with Crippen molar-refractivity contribution in [2.75, 3.05) is 6.54 Å². The van der Waals surface area contributed by atoms with Gasteiger partial charge in [-0.1, -0.05) is 57.6 Å². The van der Waals surface area contributed by atoms with Crippen molar-refractivity contribution < 1.29 is 0 Å². The molecular weight excluding hydrogens is 298 g/mol. The van der Waals surface area contributed by atoms with Gasteiger partial charge in [0.2, 0.25) is 0 Å². The summed E-state index contributed by atoms with van der Waals surface area (Å²) in [6.07, 6.45) is 11.0. The van der Waals surface area contributed by atoms with Crippen LogP contribution in [0.25, 0.3) is 0 Å². The van der Waals surface area contributed by atoms with Gasteiger partial charge in [0, 0.05) is 10.9 Å². The lowest BCUT2D eigenvalue weighted by molar-refractivity contribution is 0.214. The molecule has 0 aliphatic heterocycles. The van der Waals surface area contributed by atoms with Crippen molar-refractivity contribution >= 4 is 22.9 Å². The normalized spacial score (nSPS) is 24.1. The van der Waals surface area contributed by atoms with Gasteiger partial charge in [0.25, 0.3) is 0 Å². The van der Waals surface area contributed by atoms with Crippen LogP contribution in [-0.2, 0) is 0 Å². The van der Waals surface area contributed by atoms with Crippen molar-refractivity contribution in [1.82, 2.24) is 5.32 Å². The van der Waals surface area contributed by atoms with Gasteiger partial charge in [-0.25, -0.2) is 0 Å². The van der Waals surface area contributed by atoms with Crippen LogP contribution in [-0.4, -0.2) is 6.54 Å². The van der Waals surface area contributed by atoms with E-state index in [2.05, 4.69) is 31.3 Å². The van der Waals surface area contributed by atoms with Gasteiger partial charge in [0.05, 0.1) is 4.34 Å². The molecule has 21 heavy (non-hydrogen) atoms. The van der Waals surface area contributed by atoms with E-state index in [0.717, 1.165) is 22.7 Å². The molecule has 1 unspecified atom stereocenters. The van der Waals surface area contributed by atoms with Crippen LogP contribution in [0.5, 0.6) is 0 Å². The molecule has 1 aliphatic rings. The van der Waals surface area contributed by atoms with E-state index in [-0.39, 0.29) is 0 Å². The van der Waals surface area contributed by atoms with E-state index >= 15 is 0 Å². The first-order valence-electron chi connectivity index (χ1n) is 8.73. The highest BCUT2D eigenvalue weighted by Gasteiger charge is 2.28. The Morgan fingerprint density at radius 1 is 1.19 bits per heavy atom. The summed E-state index contributed by atoms with van der Waals surface area (Å²) in [5.74, 6) is 1.78. The Labute approximate surface area is 139 Å².